The number of carbonyl (C=O) groups excluding carboxylic acids is 1. The average molecular weight is 292 g/mol. The standard InChI is InChI=1S/C16H20O5/c1-8(2)5-6-10-14(19)13(9(3)17)16(20-4)11-7-12(18)21-15(10)11/h5,12,18-19H,6-7H2,1-4H3. The summed E-state index contributed by atoms with van der Waals surface area (Å²) in [6, 6.07) is 0. The van der Waals surface area contributed by atoms with Gasteiger partial charge in [-0.25, -0.2) is 0 Å². The van der Waals surface area contributed by atoms with Crippen molar-refractivity contribution >= 4 is 5.78 Å². The Morgan fingerprint density at radius 3 is 2.62 bits per heavy atom. The van der Waals surface area contributed by atoms with Gasteiger partial charge in [0.2, 0.25) is 6.29 Å². The van der Waals surface area contributed by atoms with Gasteiger partial charge in [0.25, 0.3) is 0 Å². The molecule has 21 heavy (non-hydrogen) atoms. The minimum absolute atomic E-state index is 0.135. The molecular weight excluding hydrogens is 272 g/mol. The summed E-state index contributed by atoms with van der Waals surface area (Å²) in [7, 11) is 1.43. The zero-order valence-corrected chi connectivity index (χ0v) is 12.7. The molecule has 0 aromatic heterocycles. The summed E-state index contributed by atoms with van der Waals surface area (Å²) >= 11 is 0. The monoisotopic (exact) mass is 292 g/mol. The molecule has 0 aliphatic carbocycles. The van der Waals surface area contributed by atoms with E-state index in [0.717, 1.165) is 5.57 Å². The third-order valence-corrected chi connectivity index (χ3v) is 3.48. The summed E-state index contributed by atoms with van der Waals surface area (Å²) in [6.07, 6.45) is 1.61. The number of rotatable bonds is 4. The molecule has 5 nitrogen and oxygen atoms in total. The maximum atomic E-state index is 11.9. The number of Topliss-reactive ketones (excluding diaryl/α,β-unsaturated/α-hetero) is 1. The topological polar surface area (TPSA) is 76.0 Å². The Bertz CT molecular complexity index is 612. The molecule has 0 amide bonds. The fraction of sp³-hybridized carbons (Fsp3) is 0.438. The van der Waals surface area contributed by atoms with E-state index in [1.807, 2.05) is 19.9 Å². The predicted molar refractivity (Wildman–Crippen MR) is 78.1 cm³/mol. The smallest absolute Gasteiger partial charge is 0.201 e. The van der Waals surface area contributed by atoms with E-state index in [1.165, 1.54) is 14.0 Å². The maximum absolute atomic E-state index is 11.9. The molecule has 1 unspecified atom stereocenters. The number of methoxy groups -OCH3 is 1. The second-order valence-corrected chi connectivity index (χ2v) is 5.36. The van der Waals surface area contributed by atoms with Gasteiger partial charge < -0.3 is 19.7 Å². The molecule has 0 radical (unpaired) electrons. The van der Waals surface area contributed by atoms with E-state index in [1.54, 1.807) is 0 Å². The van der Waals surface area contributed by atoms with Gasteiger partial charge in [0.1, 0.15) is 22.8 Å². The normalized spacial score (nSPS) is 16.1. The van der Waals surface area contributed by atoms with Crippen LogP contribution in [0.1, 0.15) is 42.3 Å². The van der Waals surface area contributed by atoms with Crippen molar-refractivity contribution in [3.05, 3.63) is 28.3 Å². The van der Waals surface area contributed by atoms with Gasteiger partial charge in [-0.15, -0.1) is 0 Å². The number of ketones is 1. The van der Waals surface area contributed by atoms with Crippen molar-refractivity contribution in [3.8, 4) is 17.2 Å². The lowest BCUT2D eigenvalue weighted by Gasteiger charge is -2.16. The first-order valence-electron chi connectivity index (χ1n) is 6.80. The molecule has 1 atom stereocenters. The largest absolute Gasteiger partial charge is 0.507 e. The first-order valence-corrected chi connectivity index (χ1v) is 6.80. The minimum Gasteiger partial charge on any atom is -0.507 e. The summed E-state index contributed by atoms with van der Waals surface area (Å²) in [6.45, 7) is 5.27. The van der Waals surface area contributed by atoms with Crippen LogP contribution in [0.25, 0.3) is 0 Å². The van der Waals surface area contributed by atoms with Crippen LogP contribution in [0.3, 0.4) is 0 Å². The van der Waals surface area contributed by atoms with Gasteiger partial charge in [0.15, 0.2) is 5.78 Å². The number of hydrogen-bond donors (Lipinski definition) is 2. The number of benzene rings is 1. The summed E-state index contributed by atoms with van der Waals surface area (Å²) < 4.78 is 10.7. The predicted octanol–water partition coefficient (Wildman–Crippen LogP) is 2.37. The number of carbonyl (C=O) groups is 1. The van der Waals surface area contributed by atoms with Crippen LogP contribution < -0.4 is 9.47 Å². The van der Waals surface area contributed by atoms with Gasteiger partial charge in [0.05, 0.1) is 7.11 Å². The molecule has 2 N–H and O–H groups in total. The lowest BCUT2D eigenvalue weighted by molar-refractivity contribution is 0.00154. The highest BCUT2D eigenvalue weighted by molar-refractivity contribution is 6.01. The van der Waals surface area contributed by atoms with E-state index in [-0.39, 0.29) is 29.3 Å². The molecule has 114 valence electrons. The van der Waals surface area contributed by atoms with Crippen LogP contribution in [0.2, 0.25) is 0 Å². The minimum atomic E-state index is -0.985. The second-order valence-electron chi connectivity index (χ2n) is 5.36. The van der Waals surface area contributed by atoms with Crippen molar-refractivity contribution in [1.29, 1.82) is 0 Å². The van der Waals surface area contributed by atoms with E-state index < -0.39 is 6.29 Å². The number of hydrogen-bond acceptors (Lipinski definition) is 5. The Morgan fingerprint density at radius 2 is 2.10 bits per heavy atom. The van der Waals surface area contributed by atoms with Gasteiger partial charge in [-0.1, -0.05) is 11.6 Å². The van der Waals surface area contributed by atoms with Crippen LogP contribution in [-0.4, -0.2) is 29.4 Å². The summed E-state index contributed by atoms with van der Waals surface area (Å²) in [5.41, 5.74) is 2.37. The highest BCUT2D eigenvalue weighted by atomic mass is 16.6. The van der Waals surface area contributed by atoms with Crippen molar-refractivity contribution < 1.29 is 24.5 Å². The summed E-state index contributed by atoms with van der Waals surface area (Å²) in [5.74, 6) is 0.281. The average Bonchev–Trinajstić information content (AvgIpc) is 2.76. The number of fused-ring (bicyclic) bond motifs is 1. The Balaban J connectivity index is 2.71. The number of phenols is 1. The third kappa shape index (κ3) is 2.74. The first kappa shape index (κ1) is 15.4. The number of phenolic OH excluding ortho intramolecular Hbond substituents is 1. The van der Waals surface area contributed by atoms with E-state index >= 15 is 0 Å². The van der Waals surface area contributed by atoms with Gasteiger partial charge in [-0.05, 0) is 27.2 Å². The molecular formula is C16H20O5. The molecule has 1 heterocycles. The lowest BCUT2D eigenvalue weighted by atomic mass is 9.95. The molecule has 1 aromatic carbocycles. The molecule has 5 heteroatoms. The number of allylic oxidation sites excluding steroid dienone is 2. The van der Waals surface area contributed by atoms with Gasteiger partial charge in [-0.2, -0.15) is 0 Å². The summed E-state index contributed by atoms with van der Waals surface area (Å²) in [5, 5.41) is 20.2. The highest BCUT2D eigenvalue weighted by Gasteiger charge is 2.33. The SMILES string of the molecule is COc1c2c(c(CC=C(C)C)c(O)c1C(C)=O)OC(O)C2. The van der Waals surface area contributed by atoms with Crippen molar-refractivity contribution in [2.45, 2.75) is 39.9 Å². The molecule has 1 aromatic rings. The second kappa shape index (κ2) is 5.77. The number of aromatic hydroxyl groups is 1. The van der Waals surface area contributed by atoms with Crippen LogP contribution in [0.5, 0.6) is 17.2 Å². The van der Waals surface area contributed by atoms with Crippen molar-refractivity contribution in [3.63, 3.8) is 0 Å². The fourth-order valence-corrected chi connectivity index (χ4v) is 2.53. The van der Waals surface area contributed by atoms with Crippen molar-refractivity contribution in [2.24, 2.45) is 0 Å². The fourth-order valence-electron chi connectivity index (χ4n) is 2.53. The highest BCUT2D eigenvalue weighted by Crippen LogP contribution is 2.47. The zero-order valence-electron chi connectivity index (χ0n) is 12.7. The van der Waals surface area contributed by atoms with Crippen LogP contribution in [0, 0.1) is 0 Å². The van der Waals surface area contributed by atoms with Crippen LogP contribution >= 0.6 is 0 Å². The molecule has 0 saturated heterocycles. The summed E-state index contributed by atoms with van der Waals surface area (Å²) in [4.78, 5) is 11.9. The molecule has 1 aliphatic rings. The van der Waals surface area contributed by atoms with Crippen LogP contribution in [0.4, 0.5) is 0 Å². The van der Waals surface area contributed by atoms with E-state index in [0.29, 0.717) is 23.3 Å². The maximum Gasteiger partial charge on any atom is 0.201 e. The number of aliphatic hydroxyl groups is 1. The van der Waals surface area contributed by atoms with Gasteiger partial charge in [-0.3, -0.25) is 4.79 Å². The van der Waals surface area contributed by atoms with E-state index in [9.17, 15) is 15.0 Å². The lowest BCUT2D eigenvalue weighted by Crippen LogP contribution is -2.10. The number of aliphatic hydroxyl groups excluding tert-OH is 1. The van der Waals surface area contributed by atoms with Gasteiger partial charge >= 0.3 is 0 Å². The molecule has 1 aliphatic heterocycles. The van der Waals surface area contributed by atoms with E-state index in [2.05, 4.69) is 0 Å². The Morgan fingerprint density at radius 1 is 1.43 bits per heavy atom. The molecule has 2 rings (SSSR count). The Labute approximate surface area is 123 Å². The third-order valence-electron chi connectivity index (χ3n) is 3.48. The molecule has 0 fully saturated rings. The van der Waals surface area contributed by atoms with Crippen LogP contribution in [-0.2, 0) is 12.8 Å². The van der Waals surface area contributed by atoms with Crippen LogP contribution in [0.15, 0.2) is 11.6 Å². The number of ether oxygens (including phenoxy) is 2. The molecule has 0 saturated carbocycles. The van der Waals surface area contributed by atoms with E-state index in [4.69, 9.17) is 9.47 Å². The molecule has 0 bridgehead atoms. The quantitative estimate of drug-likeness (QED) is 0.658. The van der Waals surface area contributed by atoms with Crippen molar-refractivity contribution in [1.82, 2.24) is 0 Å². The Kier molecular flexibility index (Phi) is 4.23. The first-order chi connectivity index (χ1) is 9.86. The zero-order chi connectivity index (χ0) is 15.7. The van der Waals surface area contributed by atoms with Crippen molar-refractivity contribution in [2.75, 3.05) is 7.11 Å². The van der Waals surface area contributed by atoms with Gasteiger partial charge in [0, 0.05) is 17.5 Å². The Hall–Kier alpha value is -2.01. The molecule has 0 spiro atoms.